The van der Waals surface area contributed by atoms with Crippen LogP contribution in [0.4, 0.5) is 0 Å². The fourth-order valence-electron chi connectivity index (χ4n) is 2.87. The van der Waals surface area contributed by atoms with Crippen molar-refractivity contribution in [2.75, 3.05) is 26.0 Å². The zero-order valence-corrected chi connectivity index (χ0v) is 12.1. The highest BCUT2D eigenvalue weighted by molar-refractivity contribution is 7.99. The topological polar surface area (TPSA) is 50.4 Å². The predicted octanol–water partition coefficient (Wildman–Crippen LogP) is 1.01. The van der Waals surface area contributed by atoms with E-state index in [0.717, 1.165) is 24.6 Å². The summed E-state index contributed by atoms with van der Waals surface area (Å²) in [6.45, 7) is 4.16. The number of rotatable bonds is 5. The summed E-state index contributed by atoms with van der Waals surface area (Å²) in [5, 5.41) is 7.25. The fourth-order valence-corrected chi connectivity index (χ4v) is 3.67. The molecule has 104 valence electrons. The van der Waals surface area contributed by atoms with E-state index in [0.29, 0.717) is 19.3 Å². The Morgan fingerprint density at radius 2 is 2.22 bits per heavy atom. The number of hydrogen-bond donors (Lipinski definition) is 2. The highest BCUT2D eigenvalue weighted by atomic mass is 32.2. The lowest BCUT2D eigenvalue weighted by Gasteiger charge is -2.20. The lowest BCUT2D eigenvalue weighted by Crippen LogP contribution is -2.46. The maximum atomic E-state index is 12.2. The SMILES string of the molecule is CCNC1COCC1C(=O)NC1CCC(SC)C1. The molecule has 0 aromatic heterocycles. The Morgan fingerprint density at radius 1 is 1.39 bits per heavy atom. The second-order valence-electron chi connectivity index (χ2n) is 5.18. The first kappa shape index (κ1) is 14.2. The van der Waals surface area contributed by atoms with Crippen LogP contribution >= 0.6 is 11.8 Å². The van der Waals surface area contributed by atoms with E-state index in [-0.39, 0.29) is 17.9 Å². The summed E-state index contributed by atoms with van der Waals surface area (Å²) in [4.78, 5) is 12.2. The molecule has 5 heteroatoms. The quantitative estimate of drug-likeness (QED) is 0.784. The number of hydrogen-bond acceptors (Lipinski definition) is 4. The van der Waals surface area contributed by atoms with E-state index in [9.17, 15) is 4.79 Å². The summed E-state index contributed by atoms with van der Waals surface area (Å²) in [7, 11) is 0. The molecule has 1 aliphatic carbocycles. The van der Waals surface area contributed by atoms with Crippen LogP contribution in [0.3, 0.4) is 0 Å². The number of amides is 1. The Kier molecular flexibility index (Phi) is 5.33. The van der Waals surface area contributed by atoms with Crippen LogP contribution in [0.5, 0.6) is 0 Å². The minimum Gasteiger partial charge on any atom is -0.379 e. The maximum Gasteiger partial charge on any atom is 0.227 e. The predicted molar refractivity (Wildman–Crippen MR) is 74.9 cm³/mol. The molecule has 1 amide bonds. The van der Waals surface area contributed by atoms with Crippen LogP contribution < -0.4 is 10.6 Å². The van der Waals surface area contributed by atoms with Gasteiger partial charge in [-0.25, -0.2) is 0 Å². The number of carbonyl (C=O) groups is 1. The van der Waals surface area contributed by atoms with E-state index in [4.69, 9.17) is 4.74 Å². The molecule has 2 aliphatic rings. The van der Waals surface area contributed by atoms with E-state index >= 15 is 0 Å². The van der Waals surface area contributed by atoms with Gasteiger partial charge in [0.2, 0.25) is 5.91 Å². The first-order valence-electron chi connectivity index (χ1n) is 6.88. The molecule has 2 fully saturated rings. The van der Waals surface area contributed by atoms with Gasteiger partial charge in [-0.2, -0.15) is 11.8 Å². The van der Waals surface area contributed by atoms with Crippen molar-refractivity contribution in [1.82, 2.24) is 10.6 Å². The van der Waals surface area contributed by atoms with Crippen LogP contribution in [0.1, 0.15) is 26.2 Å². The molecular formula is C13H24N2O2S. The van der Waals surface area contributed by atoms with E-state index in [2.05, 4.69) is 23.8 Å². The third-order valence-corrected chi connectivity index (χ3v) is 5.04. The Hall–Kier alpha value is -0.260. The summed E-state index contributed by atoms with van der Waals surface area (Å²) in [6.07, 6.45) is 5.62. The van der Waals surface area contributed by atoms with E-state index in [1.807, 2.05) is 11.8 Å². The van der Waals surface area contributed by atoms with Gasteiger partial charge >= 0.3 is 0 Å². The van der Waals surface area contributed by atoms with Crippen molar-refractivity contribution in [3.8, 4) is 0 Å². The van der Waals surface area contributed by atoms with Gasteiger partial charge < -0.3 is 15.4 Å². The third-order valence-electron chi connectivity index (χ3n) is 3.95. The van der Waals surface area contributed by atoms with Crippen LogP contribution in [0.15, 0.2) is 0 Å². The molecule has 0 spiro atoms. The van der Waals surface area contributed by atoms with Gasteiger partial charge in [-0.05, 0) is 32.1 Å². The van der Waals surface area contributed by atoms with Gasteiger partial charge in [0.25, 0.3) is 0 Å². The molecule has 0 aromatic rings. The molecule has 0 bridgehead atoms. The summed E-state index contributed by atoms with van der Waals surface area (Å²) in [5.41, 5.74) is 0. The van der Waals surface area contributed by atoms with Crippen molar-refractivity contribution < 1.29 is 9.53 Å². The Bertz CT molecular complexity index is 288. The largest absolute Gasteiger partial charge is 0.379 e. The van der Waals surface area contributed by atoms with Crippen molar-refractivity contribution in [2.24, 2.45) is 5.92 Å². The van der Waals surface area contributed by atoms with Gasteiger partial charge in [0.05, 0.1) is 19.1 Å². The van der Waals surface area contributed by atoms with Crippen LogP contribution in [0.2, 0.25) is 0 Å². The van der Waals surface area contributed by atoms with Gasteiger partial charge in [-0.3, -0.25) is 4.79 Å². The molecule has 0 radical (unpaired) electrons. The highest BCUT2D eigenvalue weighted by Crippen LogP contribution is 2.28. The molecular weight excluding hydrogens is 248 g/mol. The van der Waals surface area contributed by atoms with Crippen molar-refractivity contribution in [3.63, 3.8) is 0 Å². The Morgan fingerprint density at radius 3 is 2.89 bits per heavy atom. The smallest absolute Gasteiger partial charge is 0.227 e. The van der Waals surface area contributed by atoms with Gasteiger partial charge in [0.15, 0.2) is 0 Å². The first-order valence-corrected chi connectivity index (χ1v) is 8.17. The molecule has 4 atom stereocenters. The molecule has 1 aliphatic heterocycles. The third kappa shape index (κ3) is 3.39. The normalized spacial score (nSPS) is 35.9. The average Bonchev–Trinajstić information content (AvgIpc) is 2.98. The number of thioether (sulfide) groups is 1. The first-order chi connectivity index (χ1) is 8.74. The zero-order chi connectivity index (χ0) is 13.0. The Labute approximate surface area is 114 Å². The molecule has 18 heavy (non-hydrogen) atoms. The second kappa shape index (κ2) is 6.78. The molecule has 2 N–H and O–H groups in total. The minimum atomic E-state index is -0.0155. The highest BCUT2D eigenvalue weighted by Gasteiger charge is 2.35. The van der Waals surface area contributed by atoms with Crippen LogP contribution in [-0.4, -0.2) is 49.3 Å². The molecule has 1 saturated heterocycles. The summed E-state index contributed by atoms with van der Waals surface area (Å²) >= 11 is 1.92. The van der Waals surface area contributed by atoms with E-state index in [1.54, 1.807) is 0 Å². The van der Waals surface area contributed by atoms with Gasteiger partial charge in [0, 0.05) is 17.3 Å². The number of nitrogens with one attached hydrogen (secondary N) is 2. The molecule has 1 saturated carbocycles. The summed E-state index contributed by atoms with van der Waals surface area (Å²) in [5.74, 6) is 0.156. The molecule has 1 heterocycles. The number of ether oxygens (including phenoxy) is 1. The molecule has 0 aromatic carbocycles. The summed E-state index contributed by atoms with van der Waals surface area (Å²) in [6, 6.07) is 0.561. The summed E-state index contributed by atoms with van der Waals surface area (Å²) < 4.78 is 5.42. The molecule has 4 unspecified atom stereocenters. The molecule has 2 rings (SSSR count). The zero-order valence-electron chi connectivity index (χ0n) is 11.3. The monoisotopic (exact) mass is 272 g/mol. The van der Waals surface area contributed by atoms with Crippen LogP contribution in [0, 0.1) is 5.92 Å². The van der Waals surface area contributed by atoms with Crippen molar-refractivity contribution in [3.05, 3.63) is 0 Å². The van der Waals surface area contributed by atoms with E-state index in [1.165, 1.54) is 6.42 Å². The van der Waals surface area contributed by atoms with Gasteiger partial charge in [-0.1, -0.05) is 6.92 Å². The fraction of sp³-hybridized carbons (Fsp3) is 0.923. The number of carbonyl (C=O) groups excluding carboxylic acids is 1. The van der Waals surface area contributed by atoms with Gasteiger partial charge in [-0.15, -0.1) is 0 Å². The maximum absolute atomic E-state index is 12.2. The van der Waals surface area contributed by atoms with E-state index < -0.39 is 0 Å². The van der Waals surface area contributed by atoms with Crippen LogP contribution in [-0.2, 0) is 9.53 Å². The number of likely N-dealkylation sites (N-methyl/N-ethyl adjacent to an activating group) is 1. The molecule has 4 nitrogen and oxygen atoms in total. The Balaban J connectivity index is 1.80. The lowest BCUT2D eigenvalue weighted by molar-refractivity contribution is -0.126. The van der Waals surface area contributed by atoms with Crippen LogP contribution in [0.25, 0.3) is 0 Å². The minimum absolute atomic E-state index is 0.0155. The van der Waals surface area contributed by atoms with Crippen molar-refractivity contribution >= 4 is 17.7 Å². The standard InChI is InChI=1S/C13H24N2O2S/c1-3-14-12-8-17-7-11(12)13(16)15-9-4-5-10(6-9)18-2/h9-12,14H,3-8H2,1-2H3,(H,15,16). The second-order valence-corrected chi connectivity index (χ2v) is 6.32. The van der Waals surface area contributed by atoms with Crippen molar-refractivity contribution in [2.45, 2.75) is 43.5 Å². The lowest BCUT2D eigenvalue weighted by atomic mass is 10.0. The van der Waals surface area contributed by atoms with Gasteiger partial charge in [0.1, 0.15) is 0 Å². The average molecular weight is 272 g/mol. The van der Waals surface area contributed by atoms with Crippen molar-refractivity contribution in [1.29, 1.82) is 0 Å².